The van der Waals surface area contributed by atoms with Gasteiger partial charge in [-0.25, -0.2) is 0 Å². The Morgan fingerprint density at radius 1 is 1.18 bits per heavy atom. The quantitative estimate of drug-likeness (QED) is 0.439. The summed E-state index contributed by atoms with van der Waals surface area (Å²) in [5.74, 6) is 1.96. The third-order valence-corrected chi connectivity index (χ3v) is 7.37. The Morgan fingerprint density at radius 3 is 2.59 bits per heavy atom. The number of ether oxygens (including phenoxy) is 2. The first-order valence-electron chi connectivity index (χ1n) is 12.2. The minimum absolute atomic E-state index is 0.0223. The highest BCUT2D eigenvalue weighted by Crippen LogP contribution is 2.35. The number of amides is 2. The molecule has 6 nitrogen and oxygen atoms in total. The number of hydrogen-bond acceptors (Lipinski definition) is 5. The summed E-state index contributed by atoms with van der Waals surface area (Å²) in [6.45, 7) is 10.00. The van der Waals surface area contributed by atoms with Crippen LogP contribution in [0, 0.1) is 11.8 Å². The maximum Gasteiger partial charge on any atom is 0.242 e. The van der Waals surface area contributed by atoms with E-state index in [4.69, 9.17) is 9.47 Å². The van der Waals surface area contributed by atoms with E-state index in [2.05, 4.69) is 25.3 Å². The van der Waals surface area contributed by atoms with Gasteiger partial charge in [-0.2, -0.15) is 0 Å². The van der Waals surface area contributed by atoms with Gasteiger partial charge in [0.1, 0.15) is 6.61 Å². The average molecular weight is 487 g/mol. The smallest absolute Gasteiger partial charge is 0.242 e. The SMILES string of the molecule is CC[C@@H](C)CN(CC(=O)N1CCc2sccc2[C@H]1COc1ccccc1OC)C(=O)CC(C)C. The number of methoxy groups -OCH3 is 1. The fourth-order valence-corrected chi connectivity index (χ4v) is 5.20. The summed E-state index contributed by atoms with van der Waals surface area (Å²) in [5.41, 5.74) is 1.14. The van der Waals surface area contributed by atoms with E-state index in [0.29, 0.717) is 43.5 Å². The third-order valence-electron chi connectivity index (χ3n) is 6.37. The molecule has 0 saturated carbocycles. The molecule has 0 unspecified atom stereocenters. The van der Waals surface area contributed by atoms with Crippen molar-refractivity contribution in [2.75, 3.05) is 33.4 Å². The number of para-hydroxylation sites is 2. The molecule has 186 valence electrons. The van der Waals surface area contributed by atoms with Gasteiger partial charge < -0.3 is 19.3 Å². The van der Waals surface area contributed by atoms with Gasteiger partial charge in [0.25, 0.3) is 0 Å². The lowest BCUT2D eigenvalue weighted by Crippen LogP contribution is -2.48. The van der Waals surface area contributed by atoms with Crippen LogP contribution < -0.4 is 9.47 Å². The average Bonchev–Trinajstić information content (AvgIpc) is 3.30. The molecular formula is C27H38N2O4S. The molecule has 7 heteroatoms. The molecule has 1 aromatic carbocycles. The second-order valence-electron chi connectivity index (χ2n) is 9.50. The van der Waals surface area contributed by atoms with Crippen LogP contribution in [-0.2, 0) is 16.0 Å². The van der Waals surface area contributed by atoms with Crippen LogP contribution >= 0.6 is 11.3 Å². The number of rotatable bonds is 11. The molecule has 0 radical (unpaired) electrons. The summed E-state index contributed by atoms with van der Waals surface area (Å²) in [7, 11) is 1.62. The molecular weight excluding hydrogens is 448 g/mol. The van der Waals surface area contributed by atoms with Crippen molar-refractivity contribution >= 4 is 23.2 Å². The Kier molecular flexibility index (Phi) is 9.39. The summed E-state index contributed by atoms with van der Waals surface area (Å²) < 4.78 is 11.6. The van der Waals surface area contributed by atoms with E-state index in [9.17, 15) is 9.59 Å². The van der Waals surface area contributed by atoms with Crippen LogP contribution in [-0.4, -0.2) is 55.0 Å². The first-order chi connectivity index (χ1) is 16.3. The normalized spacial score (nSPS) is 16.2. The van der Waals surface area contributed by atoms with Gasteiger partial charge in [0, 0.05) is 24.4 Å². The van der Waals surface area contributed by atoms with Gasteiger partial charge in [0.15, 0.2) is 11.5 Å². The van der Waals surface area contributed by atoms with Crippen molar-refractivity contribution < 1.29 is 19.1 Å². The first kappa shape index (κ1) is 26.1. The predicted molar refractivity (Wildman–Crippen MR) is 136 cm³/mol. The summed E-state index contributed by atoms with van der Waals surface area (Å²) in [4.78, 5) is 31.5. The largest absolute Gasteiger partial charge is 0.493 e. The van der Waals surface area contributed by atoms with Crippen LogP contribution in [0.2, 0.25) is 0 Å². The first-order valence-corrected chi connectivity index (χ1v) is 13.1. The molecule has 0 saturated heterocycles. The van der Waals surface area contributed by atoms with Crippen molar-refractivity contribution in [2.24, 2.45) is 11.8 Å². The zero-order valence-electron chi connectivity index (χ0n) is 21.1. The van der Waals surface area contributed by atoms with Crippen LogP contribution in [0.3, 0.4) is 0 Å². The molecule has 1 aromatic heterocycles. The lowest BCUT2D eigenvalue weighted by molar-refractivity contribution is -0.143. The fourth-order valence-electron chi connectivity index (χ4n) is 4.27. The highest BCUT2D eigenvalue weighted by atomic mass is 32.1. The molecule has 0 aliphatic carbocycles. The number of nitrogens with zero attached hydrogens (tertiary/aromatic N) is 2. The van der Waals surface area contributed by atoms with E-state index in [1.807, 2.05) is 43.0 Å². The van der Waals surface area contributed by atoms with Crippen molar-refractivity contribution in [1.82, 2.24) is 9.80 Å². The van der Waals surface area contributed by atoms with Crippen molar-refractivity contribution in [1.29, 1.82) is 0 Å². The van der Waals surface area contributed by atoms with Gasteiger partial charge in [0.05, 0.1) is 19.7 Å². The number of benzene rings is 1. The van der Waals surface area contributed by atoms with E-state index >= 15 is 0 Å². The van der Waals surface area contributed by atoms with E-state index < -0.39 is 0 Å². The molecule has 0 bridgehead atoms. The topological polar surface area (TPSA) is 59.1 Å². The predicted octanol–water partition coefficient (Wildman–Crippen LogP) is 5.18. The number of carbonyl (C=O) groups is 2. The van der Waals surface area contributed by atoms with Crippen LogP contribution in [0.25, 0.3) is 0 Å². The standard InChI is InChI=1S/C27H38N2O4S/c1-6-20(4)16-28(26(30)15-19(2)3)17-27(31)29-13-11-25-21(12-14-34-25)22(29)18-33-24-10-8-7-9-23(24)32-5/h7-10,12,14,19-20,22H,6,11,13,15-18H2,1-5H3/t20-,22-/m1/s1. The molecule has 2 atom stereocenters. The molecule has 0 fully saturated rings. The Morgan fingerprint density at radius 2 is 1.91 bits per heavy atom. The Hall–Kier alpha value is -2.54. The van der Waals surface area contributed by atoms with Gasteiger partial charge in [0.2, 0.25) is 11.8 Å². The zero-order chi connectivity index (χ0) is 24.7. The van der Waals surface area contributed by atoms with Crippen LogP contribution in [0.4, 0.5) is 0 Å². The molecule has 3 rings (SSSR count). The summed E-state index contributed by atoms with van der Waals surface area (Å²) in [6.07, 6.45) is 2.25. The van der Waals surface area contributed by atoms with Gasteiger partial charge >= 0.3 is 0 Å². The number of carbonyl (C=O) groups excluding carboxylic acids is 2. The molecule has 2 heterocycles. The Labute approximate surface area is 207 Å². The van der Waals surface area contributed by atoms with Gasteiger partial charge in [-0.05, 0) is 47.4 Å². The highest BCUT2D eigenvalue weighted by Gasteiger charge is 2.34. The Balaban J connectivity index is 1.79. The lowest BCUT2D eigenvalue weighted by atomic mass is 10.00. The van der Waals surface area contributed by atoms with Gasteiger partial charge in [-0.1, -0.05) is 46.2 Å². The summed E-state index contributed by atoms with van der Waals surface area (Å²) in [6, 6.07) is 9.45. The minimum atomic E-state index is -0.196. The number of hydrogen-bond donors (Lipinski definition) is 0. The van der Waals surface area contributed by atoms with Crippen LogP contribution in [0.1, 0.15) is 57.0 Å². The van der Waals surface area contributed by atoms with E-state index in [0.717, 1.165) is 18.4 Å². The second kappa shape index (κ2) is 12.2. The Bertz CT molecular complexity index is 958. The molecule has 2 aromatic rings. The minimum Gasteiger partial charge on any atom is -0.493 e. The molecule has 1 aliphatic rings. The van der Waals surface area contributed by atoms with Crippen molar-refractivity contribution in [3.05, 3.63) is 46.2 Å². The second-order valence-corrected chi connectivity index (χ2v) is 10.5. The monoisotopic (exact) mass is 486 g/mol. The maximum atomic E-state index is 13.6. The summed E-state index contributed by atoms with van der Waals surface area (Å²) in [5, 5.41) is 2.08. The highest BCUT2D eigenvalue weighted by molar-refractivity contribution is 7.10. The molecule has 0 spiro atoms. The van der Waals surface area contributed by atoms with E-state index in [1.165, 1.54) is 4.88 Å². The van der Waals surface area contributed by atoms with Crippen LogP contribution in [0.15, 0.2) is 35.7 Å². The van der Waals surface area contributed by atoms with Crippen molar-refractivity contribution in [3.8, 4) is 11.5 Å². The van der Waals surface area contributed by atoms with Crippen molar-refractivity contribution in [2.45, 2.75) is 53.0 Å². The van der Waals surface area contributed by atoms with Crippen molar-refractivity contribution in [3.63, 3.8) is 0 Å². The molecule has 2 amide bonds. The van der Waals surface area contributed by atoms with E-state index in [1.54, 1.807) is 23.3 Å². The van der Waals surface area contributed by atoms with E-state index in [-0.39, 0.29) is 30.3 Å². The van der Waals surface area contributed by atoms with Gasteiger partial charge in [-0.3, -0.25) is 9.59 Å². The van der Waals surface area contributed by atoms with Crippen LogP contribution in [0.5, 0.6) is 11.5 Å². The fraction of sp³-hybridized carbons (Fsp3) is 0.556. The lowest BCUT2D eigenvalue weighted by Gasteiger charge is -2.37. The summed E-state index contributed by atoms with van der Waals surface area (Å²) >= 11 is 1.73. The third kappa shape index (κ3) is 6.53. The molecule has 1 aliphatic heterocycles. The number of fused-ring (bicyclic) bond motifs is 1. The maximum absolute atomic E-state index is 13.6. The molecule has 0 N–H and O–H groups in total. The zero-order valence-corrected chi connectivity index (χ0v) is 21.9. The molecule has 34 heavy (non-hydrogen) atoms. The number of thiophene rings is 1. The van der Waals surface area contributed by atoms with Gasteiger partial charge in [-0.15, -0.1) is 11.3 Å².